The van der Waals surface area contributed by atoms with Gasteiger partial charge >= 0.3 is 0 Å². The Hall–Kier alpha value is -2.99. The third-order valence-corrected chi connectivity index (χ3v) is 5.42. The number of hydrogen-bond acceptors (Lipinski definition) is 4. The Morgan fingerprint density at radius 1 is 1.03 bits per heavy atom. The average Bonchev–Trinajstić information content (AvgIpc) is 3.11. The summed E-state index contributed by atoms with van der Waals surface area (Å²) in [5.74, 6) is -0.360. The number of nitrogens with one attached hydrogen (secondary N) is 2. The van der Waals surface area contributed by atoms with E-state index in [-0.39, 0.29) is 24.3 Å². The lowest BCUT2D eigenvalue weighted by atomic mass is 10.0. The van der Waals surface area contributed by atoms with Crippen molar-refractivity contribution in [2.45, 2.75) is 40.2 Å². The van der Waals surface area contributed by atoms with E-state index in [4.69, 9.17) is 0 Å². The van der Waals surface area contributed by atoms with Crippen molar-refractivity contribution in [3.8, 4) is 11.3 Å². The molecule has 2 aromatic carbocycles. The van der Waals surface area contributed by atoms with Crippen molar-refractivity contribution in [1.82, 2.24) is 10.3 Å². The average molecular weight is 408 g/mol. The van der Waals surface area contributed by atoms with Crippen LogP contribution in [0.25, 0.3) is 11.3 Å². The zero-order valence-corrected chi connectivity index (χ0v) is 17.9. The third kappa shape index (κ3) is 5.51. The summed E-state index contributed by atoms with van der Waals surface area (Å²) in [6.07, 6.45) is 0.140. The largest absolute Gasteiger partial charge is 0.349 e. The van der Waals surface area contributed by atoms with Crippen LogP contribution in [-0.2, 0) is 9.59 Å². The molecule has 1 unspecified atom stereocenters. The molecule has 0 radical (unpaired) electrons. The second-order valence-corrected chi connectivity index (χ2v) is 8.13. The molecule has 0 aliphatic heterocycles. The van der Waals surface area contributed by atoms with E-state index < -0.39 is 0 Å². The summed E-state index contributed by atoms with van der Waals surface area (Å²) in [6.45, 7) is 7.55. The monoisotopic (exact) mass is 407 g/mol. The molecule has 3 rings (SSSR count). The lowest BCUT2D eigenvalue weighted by molar-refractivity contribution is -0.120. The van der Waals surface area contributed by atoms with E-state index in [1.807, 2.05) is 50.4 Å². The summed E-state index contributed by atoms with van der Waals surface area (Å²) >= 11 is 1.40. The van der Waals surface area contributed by atoms with Gasteiger partial charge in [-0.1, -0.05) is 47.5 Å². The first-order chi connectivity index (χ1) is 13.8. The molecule has 0 fully saturated rings. The fourth-order valence-electron chi connectivity index (χ4n) is 3.12. The fourth-order valence-corrected chi connectivity index (χ4v) is 3.85. The molecule has 6 heteroatoms. The van der Waals surface area contributed by atoms with Crippen molar-refractivity contribution in [3.63, 3.8) is 0 Å². The van der Waals surface area contributed by atoms with Gasteiger partial charge < -0.3 is 10.6 Å². The Morgan fingerprint density at radius 3 is 2.41 bits per heavy atom. The van der Waals surface area contributed by atoms with E-state index in [1.165, 1.54) is 23.8 Å². The fraction of sp³-hybridized carbons (Fsp3) is 0.261. The summed E-state index contributed by atoms with van der Waals surface area (Å²) in [5.41, 5.74) is 6.25. The molecule has 0 aliphatic carbocycles. The first-order valence-corrected chi connectivity index (χ1v) is 10.4. The molecule has 0 saturated carbocycles. The molecule has 29 heavy (non-hydrogen) atoms. The number of rotatable bonds is 6. The number of anilines is 1. The van der Waals surface area contributed by atoms with Gasteiger partial charge in [0.2, 0.25) is 11.8 Å². The lowest BCUT2D eigenvalue weighted by Crippen LogP contribution is -2.29. The van der Waals surface area contributed by atoms with E-state index >= 15 is 0 Å². The maximum absolute atomic E-state index is 12.6. The highest BCUT2D eigenvalue weighted by Gasteiger charge is 2.18. The van der Waals surface area contributed by atoms with Gasteiger partial charge in [0, 0.05) is 17.9 Å². The summed E-state index contributed by atoms with van der Waals surface area (Å²) in [6, 6.07) is 13.7. The highest BCUT2D eigenvalue weighted by molar-refractivity contribution is 7.14. The molecule has 0 aliphatic rings. The molecule has 150 valence electrons. The maximum Gasteiger partial charge on any atom is 0.228 e. The number of aryl methyl sites for hydroxylation is 3. The second kappa shape index (κ2) is 9.01. The van der Waals surface area contributed by atoms with E-state index in [1.54, 1.807) is 0 Å². The Balaban J connectivity index is 1.72. The first-order valence-electron chi connectivity index (χ1n) is 9.48. The zero-order valence-electron chi connectivity index (χ0n) is 17.1. The summed E-state index contributed by atoms with van der Waals surface area (Å²) in [5, 5.41) is 8.23. The number of hydrogen-bond donors (Lipinski definition) is 2. The number of nitrogens with zero attached hydrogens (tertiary/aromatic N) is 1. The van der Waals surface area contributed by atoms with Crippen LogP contribution in [0.2, 0.25) is 0 Å². The van der Waals surface area contributed by atoms with Crippen LogP contribution in [0, 0.1) is 20.8 Å². The molecular weight excluding hydrogens is 382 g/mol. The van der Waals surface area contributed by atoms with Crippen molar-refractivity contribution >= 4 is 28.3 Å². The van der Waals surface area contributed by atoms with Gasteiger partial charge in [-0.2, -0.15) is 0 Å². The van der Waals surface area contributed by atoms with Gasteiger partial charge in [-0.15, -0.1) is 11.3 Å². The Morgan fingerprint density at radius 2 is 1.72 bits per heavy atom. The Kier molecular flexibility index (Phi) is 6.44. The number of carbonyl (C=O) groups excluding carboxylic acids is 2. The normalized spacial score (nSPS) is 11.7. The van der Waals surface area contributed by atoms with Crippen LogP contribution in [0.15, 0.2) is 47.8 Å². The molecule has 1 heterocycles. The van der Waals surface area contributed by atoms with Crippen LogP contribution in [0.3, 0.4) is 0 Å². The van der Waals surface area contributed by atoms with E-state index in [9.17, 15) is 9.59 Å². The molecular formula is C23H25N3O2S. The smallest absolute Gasteiger partial charge is 0.228 e. The van der Waals surface area contributed by atoms with Crippen molar-refractivity contribution in [1.29, 1.82) is 0 Å². The van der Waals surface area contributed by atoms with Crippen molar-refractivity contribution in [2.24, 2.45) is 0 Å². The lowest BCUT2D eigenvalue weighted by Gasteiger charge is -2.18. The van der Waals surface area contributed by atoms with E-state index in [0.717, 1.165) is 27.9 Å². The van der Waals surface area contributed by atoms with Gasteiger partial charge in [-0.05, 0) is 38.0 Å². The van der Waals surface area contributed by atoms with E-state index in [0.29, 0.717) is 5.13 Å². The Labute approximate surface area is 175 Å². The number of aromatic nitrogens is 1. The van der Waals surface area contributed by atoms with Crippen molar-refractivity contribution in [2.75, 3.05) is 5.32 Å². The third-order valence-electron chi connectivity index (χ3n) is 4.67. The van der Waals surface area contributed by atoms with E-state index in [2.05, 4.69) is 33.8 Å². The first kappa shape index (κ1) is 20.7. The quantitative estimate of drug-likeness (QED) is 0.608. The van der Waals surface area contributed by atoms with Gasteiger partial charge in [0.25, 0.3) is 0 Å². The van der Waals surface area contributed by atoms with Crippen LogP contribution in [0.4, 0.5) is 5.13 Å². The van der Waals surface area contributed by atoms with Crippen LogP contribution in [0.5, 0.6) is 0 Å². The molecule has 3 aromatic rings. The zero-order chi connectivity index (χ0) is 21.0. The minimum absolute atomic E-state index is 0.140. The highest BCUT2D eigenvalue weighted by Crippen LogP contribution is 2.28. The van der Waals surface area contributed by atoms with Crippen molar-refractivity contribution in [3.05, 3.63) is 70.1 Å². The maximum atomic E-state index is 12.6. The predicted molar refractivity (Wildman–Crippen MR) is 118 cm³/mol. The van der Waals surface area contributed by atoms with Gasteiger partial charge in [0.05, 0.1) is 18.2 Å². The predicted octanol–water partition coefficient (Wildman–Crippen LogP) is 4.94. The van der Waals surface area contributed by atoms with Crippen LogP contribution >= 0.6 is 11.3 Å². The molecule has 0 spiro atoms. The Bertz CT molecular complexity index is 1020. The summed E-state index contributed by atoms with van der Waals surface area (Å²) in [7, 11) is 0. The number of benzene rings is 2. The molecule has 1 aromatic heterocycles. The SMILES string of the molecule is CC(=O)NC(CC(=O)Nc1nc(-c2cc(C)ccc2C)cs1)c1ccc(C)cc1. The summed E-state index contributed by atoms with van der Waals surface area (Å²) < 4.78 is 0. The van der Waals surface area contributed by atoms with Gasteiger partial charge in [-0.3, -0.25) is 9.59 Å². The standard InChI is InChI=1S/C23H25N3O2S/c1-14-6-9-18(10-7-14)20(24-17(4)27)12-22(28)26-23-25-21(13-29-23)19-11-15(2)5-8-16(19)3/h5-11,13,20H,12H2,1-4H3,(H,24,27)(H,25,26,28). The second-order valence-electron chi connectivity index (χ2n) is 7.27. The van der Waals surface area contributed by atoms with Crippen LogP contribution in [0.1, 0.15) is 41.6 Å². The number of thiazole rings is 1. The molecule has 1 atom stereocenters. The molecule has 5 nitrogen and oxygen atoms in total. The topological polar surface area (TPSA) is 71.1 Å². The number of amides is 2. The molecule has 0 bridgehead atoms. The minimum atomic E-state index is -0.383. The number of carbonyl (C=O) groups is 2. The highest BCUT2D eigenvalue weighted by atomic mass is 32.1. The van der Waals surface area contributed by atoms with Crippen LogP contribution < -0.4 is 10.6 Å². The minimum Gasteiger partial charge on any atom is -0.349 e. The summed E-state index contributed by atoms with van der Waals surface area (Å²) in [4.78, 5) is 28.8. The van der Waals surface area contributed by atoms with Gasteiger partial charge in [0.15, 0.2) is 5.13 Å². The van der Waals surface area contributed by atoms with Gasteiger partial charge in [-0.25, -0.2) is 4.98 Å². The molecule has 2 amide bonds. The van der Waals surface area contributed by atoms with Gasteiger partial charge in [0.1, 0.15) is 0 Å². The van der Waals surface area contributed by atoms with Crippen molar-refractivity contribution < 1.29 is 9.59 Å². The van der Waals surface area contributed by atoms with Crippen LogP contribution in [-0.4, -0.2) is 16.8 Å². The molecule has 0 saturated heterocycles. The molecule has 2 N–H and O–H groups in total.